The number of ether oxygens (including phenoxy) is 2. The SMILES string of the molecule is COc1cccc(Oc2cc(Br)ccc2C(N)=S)c1. The molecule has 0 radical (unpaired) electrons. The summed E-state index contributed by atoms with van der Waals surface area (Å²) in [6, 6.07) is 12.9. The van der Waals surface area contributed by atoms with Crippen LogP contribution in [0.25, 0.3) is 0 Å². The number of methoxy groups -OCH3 is 1. The molecule has 3 nitrogen and oxygen atoms in total. The average molecular weight is 338 g/mol. The molecule has 0 fully saturated rings. The van der Waals surface area contributed by atoms with E-state index < -0.39 is 0 Å². The van der Waals surface area contributed by atoms with E-state index in [0.29, 0.717) is 22.1 Å². The second-order valence-corrected chi connectivity index (χ2v) is 5.14. The van der Waals surface area contributed by atoms with Gasteiger partial charge in [-0.1, -0.05) is 34.2 Å². The smallest absolute Gasteiger partial charge is 0.138 e. The van der Waals surface area contributed by atoms with Crippen LogP contribution >= 0.6 is 28.1 Å². The van der Waals surface area contributed by atoms with E-state index in [2.05, 4.69) is 15.9 Å². The fourth-order valence-electron chi connectivity index (χ4n) is 1.58. The minimum atomic E-state index is 0.297. The standard InChI is InChI=1S/C14H12BrNO2S/c1-17-10-3-2-4-11(8-10)18-13-7-9(15)5-6-12(13)14(16)19/h2-8H,1H3,(H2,16,19). The second-order valence-electron chi connectivity index (χ2n) is 3.79. The Hall–Kier alpha value is -1.59. The van der Waals surface area contributed by atoms with E-state index >= 15 is 0 Å². The molecule has 0 saturated heterocycles. The number of nitrogens with two attached hydrogens (primary N) is 1. The Kier molecular flexibility index (Phi) is 4.39. The third-order valence-electron chi connectivity index (χ3n) is 2.48. The Morgan fingerprint density at radius 2 is 1.89 bits per heavy atom. The summed E-state index contributed by atoms with van der Waals surface area (Å²) in [7, 11) is 1.61. The molecule has 0 atom stereocenters. The van der Waals surface area contributed by atoms with Crippen molar-refractivity contribution in [2.24, 2.45) is 5.73 Å². The van der Waals surface area contributed by atoms with Crippen LogP contribution in [0.3, 0.4) is 0 Å². The highest BCUT2D eigenvalue weighted by atomic mass is 79.9. The molecule has 0 aliphatic rings. The molecule has 2 aromatic rings. The molecule has 98 valence electrons. The third kappa shape index (κ3) is 3.45. The van der Waals surface area contributed by atoms with Crippen molar-refractivity contribution in [3.63, 3.8) is 0 Å². The van der Waals surface area contributed by atoms with Crippen molar-refractivity contribution in [3.8, 4) is 17.2 Å². The fraction of sp³-hybridized carbons (Fsp3) is 0.0714. The van der Waals surface area contributed by atoms with E-state index in [1.165, 1.54) is 0 Å². The van der Waals surface area contributed by atoms with Crippen molar-refractivity contribution in [1.82, 2.24) is 0 Å². The predicted molar refractivity (Wildman–Crippen MR) is 83.1 cm³/mol. The van der Waals surface area contributed by atoms with Gasteiger partial charge in [0.05, 0.1) is 12.7 Å². The van der Waals surface area contributed by atoms with Crippen LogP contribution in [0.4, 0.5) is 0 Å². The average Bonchev–Trinajstić information content (AvgIpc) is 2.38. The van der Waals surface area contributed by atoms with Gasteiger partial charge < -0.3 is 15.2 Å². The van der Waals surface area contributed by atoms with Crippen LogP contribution in [0.2, 0.25) is 0 Å². The van der Waals surface area contributed by atoms with E-state index in [0.717, 1.165) is 10.2 Å². The van der Waals surface area contributed by atoms with Gasteiger partial charge in [0.1, 0.15) is 22.2 Å². The first-order valence-electron chi connectivity index (χ1n) is 5.51. The number of thiocarbonyl (C=S) groups is 1. The highest BCUT2D eigenvalue weighted by molar-refractivity contribution is 9.10. The van der Waals surface area contributed by atoms with Crippen molar-refractivity contribution in [2.75, 3.05) is 7.11 Å². The number of rotatable bonds is 4. The summed E-state index contributed by atoms with van der Waals surface area (Å²) < 4.78 is 11.9. The summed E-state index contributed by atoms with van der Waals surface area (Å²) in [5, 5.41) is 0. The maximum atomic E-state index is 5.82. The molecule has 0 aromatic heterocycles. The lowest BCUT2D eigenvalue weighted by atomic mass is 10.2. The molecular formula is C14H12BrNO2S. The van der Waals surface area contributed by atoms with Gasteiger partial charge in [0.25, 0.3) is 0 Å². The van der Waals surface area contributed by atoms with Gasteiger partial charge in [-0.15, -0.1) is 0 Å². The Morgan fingerprint density at radius 1 is 1.16 bits per heavy atom. The molecule has 19 heavy (non-hydrogen) atoms. The molecular weight excluding hydrogens is 326 g/mol. The second kappa shape index (κ2) is 6.04. The summed E-state index contributed by atoms with van der Waals surface area (Å²) in [6.45, 7) is 0. The van der Waals surface area contributed by atoms with Gasteiger partial charge in [-0.3, -0.25) is 0 Å². The molecule has 0 saturated carbocycles. The lowest BCUT2D eigenvalue weighted by Gasteiger charge is -2.11. The highest BCUT2D eigenvalue weighted by Crippen LogP contribution is 2.30. The van der Waals surface area contributed by atoms with E-state index in [-0.39, 0.29) is 0 Å². The van der Waals surface area contributed by atoms with Crippen LogP contribution in [0.15, 0.2) is 46.9 Å². The van der Waals surface area contributed by atoms with Crippen LogP contribution in [0.5, 0.6) is 17.2 Å². The van der Waals surface area contributed by atoms with Crippen molar-refractivity contribution in [1.29, 1.82) is 0 Å². The lowest BCUT2D eigenvalue weighted by Crippen LogP contribution is -2.10. The zero-order valence-corrected chi connectivity index (χ0v) is 12.6. The zero-order valence-electron chi connectivity index (χ0n) is 10.2. The maximum Gasteiger partial charge on any atom is 0.138 e. The van der Waals surface area contributed by atoms with Gasteiger partial charge in [-0.05, 0) is 30.3 Å². The molecule has 2 aromatic carbocycles. The molecule has 0 aliphatic heterocycles. The summed E-state index contributed by atoms with van der Waals surface area (Å²) in [6.07, 6.45) is 0. The molecule has 0 amide bonds. The van der Waals surface area contributed by atoms with E-state index in [4.69, 9.17) is 27.4 Å². The van der Waals surface area contributed by atoms with Gasteiger partial charge in [-0.2, -0.15) is 0 Å². The van der Waals surface area contributed by atoms with E-state index in [1.807, 2.05) is 36.4 Å². The Bertz CT molecular complexity index is 616. The Balaban J connectivity index is 2.36. The van der Waals surface area contributed by atoms with Crippen molar-refractivity contribution in [2.45, 2.75) is 0 Å². The molecule has 0 bridgehead atoms. The number of hydrogen-bond acceptors (Lipinski definition) is 3. The van der Waals surface area contributed by atoms with E-state index in [9.17, 15) is 0 Å². The van der Waals surface area contributed by atoms with Gasteiger partial charge in [-0.25, -0.2) is 0 Å². The first-order valence-corrected chi connectivity index (χ1v) is 6.71. The van der Waals surface area contributed by atoms with Crippen molar-refractivity contribution in [3.05, 3.63) is 52.5 Å². The number of halogens is 1. The molecule has 0 aliphatic carbocycles. The molecule has 0 spiro atoms. The normalized spacial score (nSPS) is 10.0. The zero-order chi connectivity index (χ0) is 13.8. The predicted octanol–water partition coefficient (Wildman–Crippen LogP) is 3.88. The van der Waals surface area contributed by atoms with Gasteiger partial charge in [0, 0.05) is 10.5 Å². The lowest BCUT2D eigenvalue weighted by molar-refractivity contribution is 0.409. The maximum absolute atomic E-state index is 5.82. The van der Waals surface area contributed by atoms with Crippen LogP contribution in [0, 0.1) is 0 Å². The summed E-state index contributed by atoms with van der Waals surface area (Å²) in [4.78, 5) is 0.297. The van der Waals surface area contributed by atoms with Gasteiger partial charge in [0.15, 0.2) is 0 Å². The summed E-state index contributed by atoms with van der Waals surface area (Å²) >= 11 is 8.41. The van der Waals surface area contributed by atoms with E-state index in [1.54, 1.807) is 13.2 Å². The number of benzene rings is 2. The topological polar surface area (TPSA) is 44.5 Å². The molecule has 2 rings (SSSR count). The molecule has 2 N–H and O–H groups in total. The first-order chi connectivity index (χ1) is 9.10. The van der Waals surface area contributed by atoms with Crippen molar-refractivity contribution < 1.29 is 9.47 Å². The van der Waals surface area contributed by atoms with Crippen molar-refractivity contribution >= 4 is 33.1 Å². The number of hydrogen-bond donors (Lipinski definition) is 1. The monoisotopic (exact) mass is 337 g/mol. The third-order valence-corrected chi connectivity index (χ3v) is 3.19. The Labute approximate surface area is 125 Å². The van der Waals surface area contributed by atoms with Crippen LogP contribution < -0.4 is 15.2 Å². The first kappa shape index (κ1) is 13.8. The van der Waals surface area contributed by atoms with Crippen LogP contribution in [-0.4, -0.2) is 12.1 Å². The fourth-order valence-corrected chi connectivity index (χ4v) is 2.08. The van der Waals surface area contributed by atoms with Gasteiger partial charge >= 0.3 is 0 Å². The molecule has 0 heterocycles. The minimum Gasteiger partial charge on any atom is -0.497 e. The highest BCUT2D eigenvalue weighted by Gasteiger charge is 2.09. The van der Waals surface area contributed by atoms with Crippen LogP contribution in [0.1, 0.15) is 5.56 Å². The molecule has 0 unspecified atom stereocenters. The summed E-state index contributed by atoms with van der Waals surface area (Å²) in [5.74, 6) is 1.99. The summed E-state index contributed by atoms with van der Waals surface area (Å²) in [5.41, 5.74) is 6.38. The quantitative estimate of drug-likeness (QED) is 0.859. The minimum absolute atomic E-state index is 0.297. The van der Waals surface area contributed by atoms with Crippen LogP contribution in [-0.2, 0) is 0 Å². The largest absolute Gasteiger partial charge is 0.497 e. The Morgan fingerprint density at radius 3 is 2.58 bits per heavy atom. The molecule has 5 heteroatoms. The van der Waals surface area contributed by atoms with Gasteiger partial charge in [0.2, 0.25) is 0 Å².